The van der Waals surface area contributed by atoms with Gasteiger partial charge in [0.25, 0.3) is 0 Å². The number of halogens is 3. The molecule has 0 saturated heterocycles. The Balaban J connectivity index is 1.14. The molecule has 0 spiro atoms. The zero-order valence-electron chi connectivity index (χ0n) is 36.2. The summed E-state index contributed by atoms with van der Waals surface area (Å²) < 4.78 is 47.0. The highest BCUT2D eigenvalue weighted by Crippen LogP contribution is 2.43. The van der Waals surface area contributed by atoms with E-state index in [1.807, 2.05) is 78.9 Å². The number of benzene rings is 9. The fourth-order valence-corrected chi connectivity index (χ4v) is 9.78. The van der Waals surface area contributed by atoms with Crippen molar-refractivity contribution in [1.29, 1.82) is 0 Å². The standard InChI is InChI=1S/C60H39F3N4/c1-38-32-43(34-44(33-38)60(61,62)63)41-29-31-57-50(35-41)48-23-11-15-27-56(48)67(57)58-36-42(59-64-51(39-16-4-2-5-17-39)37-52(65-59)40-18-6-3-7-19-40)28-30-49(58)47-22-10-14-26-55(47)66-53-24-12-8-20-45(53)46-21-9-13-25-54(46)66/h2-37H,1H3. The highest BCUT2D eigenvalue weighted by atomic mass is 19.4. The van der Waals surface area contributed by atoms with Gasteiger partial charge in [-0.3, -0.25) is 0 Å². The van der Waals surface area contributed by atoms with Crippen LogP contribution in [0, 0.1) is 6.92 Å². The second-order valence-corrected chi connectivity index (χ2v) is 17.0. The van der Waals surface area contributed by atoms with Crippen molar-refractivity contribution in [3.8, 4) is 67.5 Å². The topological polar surface area (TPSA) is 35.6 Å². The molecule has 0 aliphatic rings. The molecule has 67 heavy (non-hydrogen) atoms. The van der Waals surface area contributed by atoms with E-state index in [0.717, 1.165) is 83.4 Å². The Labute approximate surface area is 384 Å². The van der Waals surface area contributed by atoms with Crippen LogP contribution in [0.3, 0.4) is 0 Å². The first-order valence-electron chi connectivity index (χ1n) is 22.2. The smallest absolute Gasteiger partial charge is 0.309 e. The number of nitrogens with zero attached hydrogens (tertiary/aromatic N) is 4. The lowest BCUT2D eigenvalue weighted by molar-refractivity contribution is -0.137. The van der Waals surface area contributed by atoms with Gasteiger partial charge in [-0.15, -0.1) is 0 Å². The maximum absolute atomic E-state index is 14.1. The summed E-state index contributed by atoms with van der Waals surface area (Å²) >= 11 is 0. The van der Waals surface area contributed by atoms with Crippen LogP contribution in [0.5, 0.6) is 0 Å². The fraction of sp³-hybridized carbons (Fsp3) is 0.0333. The van der Waals surface area contributed by atoms with Crippen LogP contribution >= 0.6 is 0 Å². The zero-order chi connectivity index (χ0) is 45.2. The minimum absolute atomic E-state index is 0.513. The summed E-state index contributed by atoms with van der Waals surface area (Å²) in [6.45, 7) is 1.71. The molecule has 0 aliphatic carbocycles. The third-order valence-corrected chi connectivity index (χ3v) is 12.8. The van der Waals surface area contributed by atoms with Crippen LogP contribution in [0.25, 0.3) is 111 Å². The highest BCUT2D eigenvalue weighted by molar-refractivity contribution is 6.12. The van der Waals surface area contributed by atoms with Gasteiger partial charge >= 0.3 is 6.18 Å². The maximum atomic E-state index is 14.1. The molecule has 3 heterocycles. The molecule has 0 bridgehead atoms. The molecule has 0 radical (unpaired) electrons. The van der Waals surface area contributed by atoms with Gasteiger partial charge in [-0.05, 0) is 84.3 Å². The Morgan fingerprint density at radius 1 is 0.358 bits per heavy atom. The summed E-state index contributed by atoms with van der Waals surface area (Å²) in [5.74, 6) is 0.576. The fourth-order valence-electron chi connectivity index (χ4n) is 9.78. The first-order valence-corrected chi connectivity index (χ1v) is 22.2. The molecule has 12 rings (SSSR count). The SMILES string of the molecule is Cc1cc(-c2ccc3c(c2)c2ccccc2n3-c2cc(-c3nc(-c4ccccc4)cc(-c4ccccc4)n3)ccc2-c2ccccc2-n2c3ccccc3c3ccccc32)cc(C(F)(F)F)c1. The number of fused-ring (bicyclic) bond motifs is 6. The van der Waals surface area contributed by atoms with Gasteiger partial charge in [0.1, 0.15) is 0 Å². The summed E-state index contributed by atoms with van der Waals surface area (Å²) in [7, 11) is 0. The van der Waals surface area contributed by atoms with Crippen molar-refractivity contribution in [2.45, 2.75) is 13.1 Å². The Morgan fingerprint density at radius 2 is 0.851 bits per heavy atom. The van der Waals surface area contributed by atoms with Crippen LogP contribution in [0.2, 0.25) is 0 Å². The molecule has 320 valence electrons. The van der Waals surface area contributed by atoms with Crippen LogP contribution in [-0.2, 0) is 6.18 Å². The van der Waals surface area contributed by atoms with Gasteiger partial charge in [-0.1, -0.05) is 158 Å². The zero-order valence-corrected chi connectivity index (χ0v) is 36.2. The number of aromatic nitrogens is 4. The molecule has 0 amide bonds. The van der Waals surface area contributed by atoms with E-state index in [0.29, 0.717) is 22.5 Å². The number of hydrogen-bond acceptors (Lipinski definition) is 2. The summed E-state index contributed by atoms with van der Waals surface area (Å²) in [6, 6.07) is 72.9. The van der Waals surface area contributed by atoms with Crippen molar-refractivity contribution in [2.24, 2.45) is 0 Å². The molecule has 0 unspecified atom stereocenters. The first kappa shape index (κ1) is 40.0. The molecular formula is C60H39F3N4. The summed E-state index contributed by atoms with van der Waals surface area (Å²) in [4.78, 5) is 10.5. The number of aryl methyl sites for hydroxylation is 1. The first-order chi connectivity index (χ1) is 32.8. The maximum Gasteiger partial charge on any atom is 0.416 e. The summed E-state index contributed by atoms with van der Waals surface area (Å²) in [5, 5.41) is 4.23. The monoisotopic (exact) mass is 872 g/mol. The van der Waals surface area contributed by atoms with E-state index in [1.54, 1.807) is 6.92 Å². The van der Waals surface area contributed by atoms with Gasteiger partial charge in [-0.2, -0.15) is 13.2 Å². The lowest BCUT2D eigenvalue weighted by Crippen LogP contribution is -2.05. The van der Waals surface area contributed by atoms with Crippen LogP contribution < -0.4 is 0 Å². The quantitative estimate of drug-likeness (QED) is 0.160. The highest BCUT2D eigenvalue weighted by Gasteiger charge is 2.31. The number of hydrogen-bond donors (Lipinski definition) is 0. The normalized spacial score (nSPS) is 11.9. The molecule has 0 atom stereocenters. The molecule has 0 fully saturated rings. The largest absolute Gasteiger partial charge is 0.416 e. The lowest BCUT2D eigenvalue weighted by atomic mass is 9.97. The van der Waals surface area contributed by atoms with Crippen molar-refractivity contribution >= 4 is 43.6 Å². The van der Waals surface area contributed by atoms with Crippen LogP contribution in [0.1, 0.15) is 11.1 Å². The molecule has 3 aromatic heterocycles. The molecule has 4 nitrogen and oxygen atoms in total. The average molecular weight is 873 g/mol. The minimum atomic E-state index is -4.47. The molecule has 0 N–H and O–H groups in total. The molecule has 0 aliphatic heterocycles. The van der Waals surface area contributed by atoms with E-state index in [4.69, 9.17) is 9.97 Å². The third-order valence-electron chi connectivity index (χ3n) is 12.8. The van der Waals surface area contributed by atoms with Crippen molar-refractivity contribution in [3.05, 3.63) is 230 Å². The number of rotatable bonds is 7. The predicted molar refractivity (Wildman–Crippen MR) is 268 cm³/mol. The second kappa shape index (κ2) is 15.9. The van der Waals surface area contributed by atoms with Crippen LogP contribution in [0.4, 0.5) is 13.2 Å². The minimum Gasteiger partial charge on any atom is -0.309 e. The van der Waals surface area contributed by atoms with E-state index in [2.05, 4.69) is 137 Å². The van der Waals surface area contributed by atoms with Gasteiger partial charge in [0, 0.05) is 49.4 Å². The lowest BCUT2D eigenvalue weighted by Gasteiger charge is -2.20. The Kier molecular flexibility index (Phi) is 9.47. The van der Waals surface area contributed by atoms with E-state index >= 15 is 0 Å². The van der Waals surface area contributed by atoms with Crippen LogP contribution in [0.15, 0.2) is 218 Å². The molecule has 0 saturated carbocycles. The molecule has 7 heteroatoms. The van der Waals surface area contributed by atoms with E-state index < -0.39 is 11.7 Å². The number of alkyl halides is 3. The molecule has 12 aromatic rings. The number of para-hydroxylation sites is 4. The van der Waals surface area contributed by atoms with Gasteiger partial charge in [0.2, 0.25) is 0 Å². The average Bonchev–Trinajstić information content (AvgIpc) is 3.89. The van der Waals surface area contributed by atoms with E-state index in [9.17, 15) is 13.2 Å². The summed E-state index contributed by atoms with van der Waals surface area (Å²) in [5.41, 5.74) is 13.5. The Hall–Kier alpha value is -8.55. The molecule has 9 aromatic carbocycles. The van der Waals surface area contributed by atoms with Gasteiger partial charge in [-0.25, -0.2) is 9.97 Å². The van der Waals surface area contributed by atoms with Gasteiger partial charge in [0.05, 0.1) is 50.4 Å². The van der Waals surface area contributed by atoms with E-state index in [1.165, 1.54) is 22.9 Å². The van der Waals surface area contributed by atoms with E-state index in [-0.39, 0.29) is 0 Å². The van der Waals surface area contributed by atoms with Crippen molar-refractivity contribution in [2.75, 3.05) is 0 Å². The van der Waals surface area contributed by atoms with Crippen molar-refractivity contribution in [1.82, 2.24) is 19.1 Å². The molecular weight excluding hydrogens is 834 g/mol. The predicted octanol–water partition coefficient (Wildman–Crippen LogP) is 16.3. The van der Waals surface area contributed by atoms with Crippen molar-refractivity contribution < 1.29 is 13.2 Å². The van der Waals surface area contributed by atoms with Crippen molar-refractivity contribution in [3.63, 3.8) is 0 Å². The summed E-state index contributed by atoms with van der Waals surface area (Å²) in [6.07, 6.45) is -4.47. The van der Waals surface area contributed by atoms with Gasteiger partial charge in [0.15, 0.2) is 5.82 Å². The van der Waals surface area contributed by atoms with Crippen LogP contribution in [-0.4, -0.2) is 19.1 Å². The Morgan fingerprint density at radius 3 is 1.46 bits per heavy atom. The Bertz CT molecular complexity index is 3750. The third kappa shape index (κ3) is 6.95. The second-order valence-electron chi connectivity index (χ2n) is 17.0. The van der Waals surface area contributed by atoms with Gasteiger partial charge < -0.3 is 9.13 Å².